The highest BCUT2D eigenvalue weighted by atomic mass is 16.5. The molecule has 2 unspecified atom stereocenters. The fraction of sp³-hybridized carbons (Fsp3) is 0.261. The number of nitrogens with zero attached hydrogens (tertiary/aromatic N) is 4. The third-order valence-electron chi connectivity index (χ3n) is 6.08. The molecule has 3 aliphatic heterocycles. The van der Waals surface area contributed by atoms with E-state index in [9.17, 15) is 9.90 Å². The van der Waals surface area contributed by atoms with E-state index in [1.165, 1.54) is 11.2 Å². The Hall–Kier alpha value is -4.01. The molecule has 0 aliphatic carbocycles. The number of carboxylic acid groups (broad SMARTS) is 1. The molecular weight excluding hydrogens is 412 g/mol. The van der Waals surface area contributed by atoms with Gasteiger partial charge in [-0.05, 0) is 24.1 Å². The maximum absolute atomic E-state index is 11.4. The smallest absolute Gasteiger partial charge is 0.407 e. The summed E-state index contributed by atoms with van der Waals surface area (Å²) in [6, 6.07) is 14.0. The molecule has 7 rings (SSSR count). The number of rotatable bonds is 5. The molecule has 32 heavy (non-hydrogen) atoms. The zero-order valence-electron chi connectivity index (χ0n) is 17.0. The molecule has 5 heterocycles. The fourth-order valence-electron chi connectivity index (χ4n) is 4.56. The maximum Gasteiger partial charge on any atom is 0.407 e. The molecule has 0 spiro atoms. The van der Waals surface area contributed by atoms with Crippen LogP contribution in [0.3, 0.4) is 0 Å². The van der Waals surface area contributed by atoms with Crippen molar-refractivity contribution in [2.45, 2.75) is 25.1 Å². The van der Waals surface area contributed by atoms with E-state index in [2.05, 4.69) is 4.98 Å². The number of oxazole rings is 2. The van der Waals surface area contributed by atoms with Crippen LogP contribution in [0.1, 0.15) is 12.0 Å². The van der Waals surface area contributed by atoms with E-state index in [-0.39, 0.29) is 12.1 Å². The van der Waals surface area contributed by atoms with Crippen LogP contribution in [0.4, 0.5) is 10.8 Å². The number of hydrogen-bond donors (Lipinski definition) is 1. The molecule has 0 saturated carbocycles. The summed E-state index contributed by atoms with van der Waals surface area (Å²) >= 11 is 0. The lowest BCUT2D eigenvalue weighted by Gasteiger charge is -2.54. The third kappa shape index (κ3) is 3.05. The Labute approximate surface area is 182 Å². The fourth-order valence-corrected chi connectivity index (χ4v) is 4.56. The van der Waals surface area contributed by atoms with Crippen molar-refractivity contribution in [2.75, 3.05) is 18.0 Å². The molecule has 3 saturated heterocycles. The Balaban J connectivity index is 1.35. The van der Waals surface area contributed by atoms with Gasteiger partial charge in [0.2, 0.25) is 5.89 Å². The van der Waals surface area contributed by atoms with E-state index in [0.717, 1.165) is 12.0 Å². The Morgan fingerprint density at radius 2 is 1.97 bits per heavy atom. The first kappa shape index (κ1) is 18.7. The van der Waals surface area contributed by atoms with Crippen LogP contribution in [-0.4, -0.2) is 51.2 Å². The Kier molecular flexibility index (Phi) is 4.27. The molecule has 1 amide bonds. The summed E-state index contributed by atoms with van der Waals surface area (Å²) in [4.78, 5) is 23.9. The van der Waals surface area contributed by atoms with E-state index in [1.54, 1.807) is 6.20 Å². The molecule has 9 nitrogen and oxygen atoms in total. The van der Waals surface area contributed by atoms with Crippen molar-refractivity contribution in [3.63, 3.8) is 0 Å². The second kappa shape index (κ2) is 7.30. The monoisotopic (exact) mass is 432 g/mol. The Morgan fingerprint density at radius 1 is 1.16 bits per heavy atom. The second-order valence-electron chi connectivity index (χ2n) is 8.04. The van der Waals surface area contributed by atoms with Gasteiger partial charge in [0.1, 0.15) is 18.6 Å². The van der Waals surface area contributed by atoms with Gasteiger partial charge in [0.25, 0.3) is 6.01 Å². The van der Waals surface area contributed by atoms with Gasteiger partial charge >= 0.3 is 6.09 Å². The van der Waals surface area contributed by atoms with Gasteiger partial charge in [-0.3, -0.25) is 4.90 Å². The molecule has 0 radical (unpaired) electrons. The number of fused-ring (bicyclic) bond motifs is 3. The van der Waals surface area contributed by atoms with Crippen molar-refractivity contribution in [3.05, 3.63) is 60.5 Å². The summed E-state index contributed by atoms with van der Waals surface area (Å²) in [7, 11) is 0. The molecule has 2 bridgehead atoms. The predicted octanol–water partition coefficient (Wildman–Crippen LogP) is 4.00. The van der Waals surface area contributed by atoms with Gasteiger partial charge in [-0.1, -0.05) is 30.3 Å². The van der Waals surface area contributed by atoms with Crippen LogP contribution in [0.25, 0.3) is 22.6 Å². The van der Waals surface area contributed by atoms with E-state index in [1.807, 2.05) is 47.4 Å². The van der Waals surface area contributed by atoms with Gasteiger partial charge in [0.05, 0.1) is 23.8 Å². The second-order valence-corrected chi connectivity index (χ2v) is 8.04. The van der Waals surface area contributed by atoms with Crippen LogP contribution in [0.15, 0.2) is 63.8 Å². The molecule has 3 fully saturated rings. The molecule has 9 heteroatoms. The molecule has 2 aromatic carbocycles. The van der Waals surface area contributed by atoms with Crippen molar-refractivity contribution < 1.29 is 23.5 Å². The van der Waals surface area contributed by atoms with Crippen molar-refractivity contribution in [3.8, 4) is 17.2 Å². The van der Waals surface area contributed by atoms with Gasteiger partial charge < -0.3 is 23.6 Å². The molecule has 2 aromatic heterocycles. The first-order valence-corrected chi connectivity index (χ1v) is 10.4. The van der Waals surface area contributed by atoms with E-state index in [0.29, 0.717) is 54.0 Å². The van der Waals surface area contributed by atoms with Gasteiger partial charge in [0, 0.05) is 13.1 Å². The number of benzene rings is 2. The molecule has 2 atom stereocenters. The molecule has 162 valence electrons. The molecular formula is C23H20N4O5. The van der Waals surface area contributed by atoms with Crippen LogP contribution in [0, 0.1) is 0 Å². The number of aromatic nitrogens is 2. The van der Waals surface area contributed by atoms with Gasteiger partial charge in [-0.25, -0.2) is 9.78 Å². The number of carbonyl (C=O) groups is 1. The summed E-state index contributed by atoms with van der Waals surface area (Å²) in [5.41, 5.74) is 2.85. The van der Waals surface area contributed by atoms with Gasteiger partial charge in [-0.15, -0.1) is 0 Å². The highest BCUT2D eigenvalue weighted by Gasteiger charge is 2.48. The lowest BCUT2D eigenvalue weighted by atomic mass is 9.88. The SMILES string of the molecule is O=C(O)N1C2CC1CN(c1nc3c(OCc4ccccc4)ccc(-c4ncco4)c3o1)C2. The van der Waals surface area contributed by atoms with Crippen molar-refractivity contribution in [1.82, 2.24) is 14.9 Å². The van der Waals surface area contributed by atoms with Crippen LogP contribution in [-0.2, 0) is 6.61 Å². The summed E-state index contributed by atoms with van der Waals surface area (Å²) in [5, 5.41) is 9.38. The minimum atomic E-state index is -0.869. The van der Waals surface area contributed by atoms with Crippen LogP contribution >= 0.6 is 0 Å². The van der Waals surface area contributed by atoms with Crippen molar-refractivity contribution >= 4 is 23.2 Å². The zero-order chi connectivity index (χ0) is 21.7. The molecule has 3 aliphatic rings. The number of anilines is 1. The lowest BCUT2D eigenvalue weighted by molar-refractivity contribution is 0.0101. The van der Waals surface area contributed by atoms with Crippen LogP contribution in [0.5, 0.6) is 5.75 Å². The van der Waals surface area contributed by atoms with E-state index < -0.39 is 6.09 Å². The zero-order valence-corrected chi connectivity index (χ0v) is 17.0. The summed E-state index contributed by atoms with van der Waals surface area (Å²) in [6.07, 6.45) is 3.09. The topological polar surface area (TPSA) is 105 Å². The van der Waals surface area contributed by atoms with Crippen molar-refractivity contribution in [2.24, 2.45) is 0 Å². The molecule has 1 N–H and O–H groups in total. The van der Waals surface area contributed by atoms with E-state index in [4.69, 9.17) is 18.6 Å². The Morgan fingerprint density at radius 3 is 2.69 bits per heavy atom. The van der Waals surface area contributed by atoms with Crippen molar-refractivity contribution in [1.29, 1.82) is 0 Å². The summed E-state index contributed by atoms with van der Waals surface area (Å²) in [5.74, 6) is 1.04. The predicted molar refractivity (Wildman–Crippen MR) is 115 cm³/mol. The normalized spacial score (nSPS) is 19.8. The number of piperazine rings is 1. The number of piperidine rings is 1. The summed E-state index contributed by atoms with van der Waals surface area (Å²) in [6.45, 7) is 1.49. The number of ether oxygens (including phenoxy) is 1. The van der Waals surface area contributed by atoms with Gasteiger partial charge in [-0.2, -0.15) is 4.98 Å². The minimum absolute atomic E-state index is 0.0405. The number of amides is 1. The third-order valence-corrected chi connectivity index (χ3v) is 6.08. The van der Waals surface area contributed by atoms with Gasteiger partial charge in [0.15, 0.2) is 11.1 Å². The first-order chi connectivity index (χ1) is 15.7. The lowest BCUT2D eigenvalue weighted by Crippen LogP contribution is -2.70. The molecule has 4 aromatic rings. The largest absolute Gasteiger partial charge is 0.486 e. The highest BCUT2D eigenvalue weighted by Crippen LogP contribution is 2.39. The summed E-state index contributed by atoms with van der Waals surface area (Å²) < 4.78 is 17.8. The maximum atomic E-state index is 11.4. The number of hydrogen-bond acceptors (Lipinski definition) is 7. The highest BCUT2D eigenvalue weighted by molar-refractivity contribution is 5.93. The van der Waals surface area contributed by atoms with Crippen LogP contribution in [0.2, 0.25) is 0 Å². The average molecular weight is 432 g/mol. The average Bonchev–Trinajstić information content (AvgIpc) is 3.48. The van der Waals surface area contributed by atoms with E-state index >= 15 is 0 Å². The first-order valence-electron chi connectivity index (χ1n) is 10.4. The van der Waals surface area contributed by atoms with Crippen LogP contribution < -0.4 is 9.64 Å². The Bertz CT molecular complexity index is 1260. The standard InChI is InChI=1S/C23H20N4O5/c28-23(29)27-15-10-16(27)12-26(11-15)22-25-19-18(31-13-14-4-2-1-3-5-14)7-6-17(20(19)32-22)21-24-8-9-30-21/h1-9,15-16H,10-13H2,(H,28,29). The quantitative estimate of drug-likeness (QED) is 0.504. The minimum Gasteiger partial charge on any atom is -0.486 e.